The second-order valence-electron chi connectivity index (χ2n) is 4.48. The smallest absolute Gasteiger partial charge is 0.272 e. The minimum atomic E-state index is -0.0541. The van der Waals surface area contributed by atoms with E-state index in [-0.39, 0.29) is 12.0 Å². The number of aryl methyl sites for hydroxylation is 2. The lowest BCUT2D eigenvalue weighted by Crippen LogP contribution is -2.48. The van der Waals surface area contributed by atoms with Crippen LogP contribution in [0.2, 0.25) is 0 Å². The van der Waals surface area contributed by atoms with E-state index in [1.54, 1.807) is 16.6 Å². The summed E-state index contributed by atoms with van der Waals surface area (Å²) in [7, 11) is 1.80. The molecule has 18 heavy (non-hydrogen) atoms. The molecule has 1 aliphatic heterocycles. The van der Waals surface area contributed by atoms with Gasteiger partial charge in [-0.3, -0.25) is 9.48 Å². The molecule has 0 radical (unpaired) electrons. The topological polar surface area (TPSA) is 73.4 Å². The number of nitrogens with two attached hydrogens (primary N) is 1. The summed E-state index contributed by atoms with van der Waals surface area (Å²) in [4.78, 5) is 14.2. The molecular formula is C12H20N4O2. The largest absolute Gasteiger partial charge is 0.373 e. The third-order valence-corrected chi connectivity index (χ3v) is 3.20. The first-order valence-electron chi connectivity index (χ1n) is 6.29. The van der Waals surface area contributed by atoms with Crippen LogP contribution in [-0.4, -0.2) is 52.9 Å². The van der Waals surface area contributed by atoms with Gasteiger partial charge in [0.15, 0.2) is 0 Å². The number of carbonyl (C=O) groups is 1. The minimum absolute atomic E-state index is 0.00597. The van der Waals surface area contributed by atoms with Gasteiger partial charge in [-0.15, -0.1) is 0 Å². The van der Waals surface area contributed by atoms with Crippen molar-refractivity contribution in [3.8, 4) is 0 Å². The van der Waals surface area contributed by atoms with Crippen molar-refractivity contribution >= 4 is 5.91 Å². The zero-order valence-corrected chi connectivity index (χ0v) is 10.9. The molecule has 1 fully saturated rings. The number of hydrogen-bond donors (Lipinski definition) is 1. The number of ether oxygens (including phenoxy) is 1. The number of rotatable bonds is 3. The summed E-state index contributed by atoms with van der Waals surface area (Å²) in [6, 6.07) is 1.86. The van der Waals surface area contributed by atoms with E-state index in [4.69, 9.17) is 10.5 Å². The van der Waals surface area contributed by atoms with Crippen LogP contribution in [0.5, 0.6) is 0 Å². The molecule has 2 N–H and O–H groups in total. The van der Waals surface area contributed by atoms with Crippen LogP contribution < -0.4 is 5.73 Å². The first kappa shape index (κ1) is 13.0. The second kappa shape index (κ2) is 5.49. The summed E-state index contributed by atoms with van der Waals surface area (Å²) >= 11 is 0. The van der Waals surface area contributed by atoms with E-state index in [0.717, 1.165) is 12.1 Å². The molecule has 0 aromatic carbocycles. The number of morpholine rings is 1. The molecule has 1 aliphatic rings. The highest BCUT2D eigenvalue weighted by atomic mass is 16.5. The number of hydrogen-bond acceptors (Lipinski definition) is 4. The highest BCUT2D eigenvalue weighted by molar-refractivity contribution is 5.92. The lowest BCUT2D eigenvalue weighted by Gasteiger charge is -2.32. The number of carbonyl (C=O) groups excluding carboxylic acids is 1. The average molecular weight is 252 g/mol. The highest BCUT2D eigenvalue weighted by Gasteiger charge is 2.26. The first-order chi connectivity index (χ1) is 8.65. The summed E-state index contributed by atoms with van der Waals surface area (Å²) in [5, 5.41) is 4.30. The SMILES string of the molecule is CCc1cc(C(=O)N2CCOC(CN)C2)n(C)n1. The Balaban J connectivity index is 2.12. The van der Waals surface area contributed by atoms with E-state index in [0.29, 0.717) is 31.9 Å². The molecule has 6 nitrogen and oxygen atoms in total. The third kappa shape index (κ3) is 2.54. The van der Waals surface area contributed by atoms with Gasteiger partial charge >= 0.3 is 0 Å². The lowest BCUT2D eigenvalue weighted by molar-refractivity contribution is -0.0171. The number of amides is 1. The van der Waals surface area contributed by atoms with E-state index >= 15 is 0 Å². The van der Waals surface area contributed by atoms with Crippen molar-refractivity contribution in [1.82, 2.24) is 14.7 Å². The van der Waals surface area contributed by atoms with Crippen LogP contribution in [0, 0.1) is 0 Å². The van der Waals surface area contributed by atoms with Crippen LogP contribution >= 0.6 is 0 Å². The van der Waals surface area contributed by atoms with Crippen LogP contribution in [0.1, 0.15) is 23.1 Å². The van der Waals surface area contributed by atoms with Gasteiger partial charge < -0.3 is 15.4 Å². The Morgan fingerprint density at radius 1 is 1.67 bits per heavy atom. The van der Waals surface area contributed by atoms with Crippen molar-refractivity contribution in [1.29, 1.82) is 0 Å². The van der Waals surface area contributed by atoms with Crippen LogP contribution in [0.25, 0.3) is 0 Å². The number of aromatic nitrogens is 2. The van der Waals surface area contributed by atoms with Crippen molar-refractivity contribution in [3.63, 3.8) is 0 Å². The van der Waals surface area contributed by atoms with Gasteiger partial charge in [0.2, 0.25) is 0 Å². The van der Waals surface area contributed by atoms with Crippen molar-refractivity contribution in [3.05, 3.63) is 17.5 Å². The second-order valence-corrected chi connectivity index (χ2v) is 4.48. The fraction of sp³-hybridized carbons (Fsp3) is 0.667. The molecule has 0 bridgehead atoms. The normalized spacial score (nSPS) is 20.2. The standard InChI is InChI=1S/C12H20N4O2/c1-3-9-6-11(15(2)14-9)12(17)16-4-5-18-10(7-13)8-16/h6,10H,3-5,7-8,13H2,1-2H3. The van der Waals surface area contributed by atoms with Gasteiger partial charge in [-0.25, -0.2) is 0 Å². The molecule has 0 spiro atoms. The Hall–Kier alpha value is -1.40. The maximum atomic E-state index is 12.4. The summed E-state index contributed by atoms with van der Waals surface area (Å²) in [5.74, 6) is 0.00597. The maximum Gasteiger partial charge on any atom is 0.272 e. The Labute approximate surface area is 107 Å². The molecule has 2 heterocycles. The van der Waals surface area contributed by atoms with Crippen LogP contribution in [0.3, 0.4) is 0 Å². The third-order valence-electron chi connectivity index (χ3n) is 3.20. The van der Waals surface area contributed by atoms with Crippen molar-refractivity contribution in [2.45, 2.75) is 19.4 Å². The van der Waals surface area contributed by atoms with Gasteiger partial charge in [0.25, 0.3) is 5.91 Å². The van der Waals surface area contributed by atoms with Gasteiger partial charge in [-0.1, -0.05) is 6.92 Å². The van der Waals surface area contributed by atoms with Crippen molar-refractivity contribution in [2.75, 3.05) is 26.2 Å². The Morgan fingerprint density at radius 2 is 2.44 bits per heavy atom. The van der Waals surface area contributed by atoms with E-state index in [1.807, 2.05) is 13.0 Å². The molecule has 1 aromatic rings. The predicted octanol–water partition coefficient (Wildman–Crippen LogP) is -0.218. The van der Waals surface area contributed by atoms with Crippen LogP contribution in [-0.2, 0) is 18.2 Å². The van der Waals surface area contributed by atoms with Gasteiger partial charge in [-0.05, 0) is 12.5 Å². The molecule has 1 amide bonds. The minimum Gasteiger partial charge on any atom is -0.373 e. The number of nitrogens with zero attached hydrogens (tertiary/aromatic N) is 3. The van der Waals surface area contributed by atoms with Crippen LogP contribution in [0.15, 0.2) is 6.07 Å². The van der Waals surface area contributed by atoms with E-state index < -0.39 is 0 Å². The molecule has 0 aliphatic carbocycles. The Morgan fingerprint density at radius 3 is 3.06 bits per heavy atom. The molecule has 1 aromatic heterocycles. The fourth-order valence-electron chi connectivity index (χ4n) is 2.11. The molecular weight excluding hydrogens is 232 g/mol. The zero-order valence-electron chi connectivity index (χ0n) is 10.9. The molecule has 0 saturated carbocycles. The predicted molar refractivity (Wildman–Crippen MR) is 67.3 cm³/mol. The lowest BCUT2D eigenvalue weighted by atomic mass is 10.2. The van der Waals surface area contributed by atoms with Crippen LogP contribution in [0.4, 0.5) is 0 Å². The van der Waals surface area contributed by atoms with Gasteiger partial charge in [0.05, 0.1) is 18.4 Å². The van der Waals surface area contributed by atoms with Gasteiger partial charge in [-0.2, -0.15) is 5.10 Å². The quantitative estimate of drug-likeness (QED) is 0.807. The molecule has 1 unspecified atom stereocenters. The zero-order chi connectivity index (χ0) is 13.1. The van der Waals surface area contributed by atoms with E-state index in [9.17, 15) is 4.79 Å². The highest BCUT2D eigenvalue weighted by Crippen LogP contribution is 2.11. The Kier molecular flexibility index (Phi) is 3.98. The summed E-state index contributed by atoms with van der Waals surface area (Å²) in [6.07, 6.45) is 0.775. The molecule has 100 valence electrons. The fourth-order valence-corrected chi connectivity index (χ4v) is 2.11. The van der Waals surface area contributed by atoms with Gasteiger partial charge in [0, 0.05) is 26.7 Å². The molecule has 1 atom stereocenters. The molecule has 2 rings (SSSR count). The first-order valence-corrected chi connectivity index (χ1v) is 6.29. The van der Waals surface area contributed by atoms with E-state index in [2.05, 4.69) is 5.10 Å². The summed E-state index contributed by atoms with van der Waals surface area (Å²) < 4.78 is 7.11. The molecule has 6 heteroatoms. The van der Waals surface area contributed by atoms with E-state index in [1.165, 1.54) is 0 Å². The summed E-state index contributed by atoms with van der Waals surface area (Å²) in [6.45, 7) is 4.18. The maximum absolute atomic E-state index is 12.4. The van der Waals surface area contributed by atoms with Crippen molar-refractivity contribution in [2.24, 2.45) is 12.8 Å². The van der Waals surface area contributed by atoms with Crippen molar-refractivity contribution < 1.29 is 9.53 Å². The monoisotopic (exact) mass is 252 g/mol. The summed E-state index contributed by atoms with van der Waals surface area (Å²) in [5.41, 5.74) is 7.14. The average Bonchev–Trinajstić information content (AvgIpc) is 2.79. The Bertz CT molecular complexity index is 430. The van der Waals surface area contributed by atoms with Gasteiger partial charge in [0.1, 0.15) is 5.69 Å². The molecule has 1 saturated heterocycles.